The van der Waals surface area contributed by atoms with Gasteiger partial charge in [0.15, 0.2) is 0 Å². The van der Waals surface area contributed by atoms with Crippen LogP contribution in [0.25, 0.3) is 10.6 Å². The molecule has 0 amide bonds. The lowest BCUT2D eigenvalue weighted by molar-refractivity contribution is 0.397. The number of hydrogen-bond donors (Lipinski definition) is 0. The molecule has 0 atom stereocenters. The van der Waals surface area contributed by atoms with Crippen molar-refractivity contribution in [2.45, 2.75) is 17.5 Å². The third-order valence-corrected chi connectivity index (χ3v) is 5.22. The van der Waals surface area contributed by atoms with E-state index in [0.717, 1.165) is 22.0 Å². The summed E-state index contributed by atoms with van der Waals surface area (Å²) in [5.74, 6) is 1.96. The second-order valence-corrected chi connectivity index (χ2v) is 6.97. The molecule has 3 aromatic heterocycles. The number of thioether (sulfide) groups is 1. The molecule has 0 saturated carbocycles. The lowest BCUT2D eigenvalue weighted by Gasteiger charge is -2.04. The first-order chi connectivity index (χ1) is 12.8. The Bertz CT molecular complexity index is 982. The Morgan fingerprint density at radius 1 is 1.27 bits per heavy atom. The highest BCUT2D eigenvalue weighted by molar-refractivity contribution is 7.98. The molecule has 0 aliphatic rings. The Labute approximate surface area is 157 Å². The van der Waals surface area contributed by atoms with Crippen LogP contribution < -0.4 is 4.74 Å². The minimum Gasteiger partial charge on any atom is -0.496 e. The normalized spacial score (nSPS) is 11.0. The average molecular weight is 386 g/mol. The molecule has 132 valence electrons. The van der Waals surface area contributed by atoms with E-state index in [1.165, 1.54) is 18.1 Å². The molecule has 8 nitrogen and oxygen atoms in total. The predicted molar refractivity (Wildman–Crippen MR) is 97.1 cm³/mol. The van der Waals surface area contributed by atoms with Crippen LogP contribution in [0.2, 0.25) is 0 Å². The molecule has 0 aliphatic carbocycles. The third-order valence-electron chi connectivity index (χ3n) is 3.44. The van der Waals surface area contributed by atoms with Gasteiger partial charge in [0.25, 0.3) is 5.22 Å². The van der Waals surface area contributed by atoms with Crippen molar-refractivity contribution in [2.24, 2.45) is 0 Å². The quantitative estimate of drug-likeness (QED) is 0.447. The second-order valence-electron chi connectivity index (χ2n) is 5.19. The first kappa shape index (κ1) is 16.7. The van der Waals surface area contributed by atoms with E-state index in [1.54, 1.807) is 29.5 Å². The summed E-state index contributed by atoms with van der Waals surface area (Å²) in [6.07, 6.45) is 3.07. The SMILES string of the molecule is COc1ccccc1-c1nc(CSc2nnc(Cn3cncn3)o2)cs1. The maximum atomic E-state index is 5.61. The van der Waals surface area contributed by atoms with Gasteiger partial charge in [-0.25, -0.2) is 14.6 Å². The van der Waals surface area contributed by atoms with Crippen LogP contribution in [0.3, 0.4) is 0 Å². The number of hydrogen-bond acceptors (Lipinski definition) is 9. The van der Waals surface area contributed by atoms with E-state index in [0.29, 0.717) is 23.4 Å². The summed E-state index contributed by atoms with van der Waals surface area (Å²) in [5, 5.41) is 15.5. The van der Waals surface area contributed by atoms with Crippen LogP contribution in [-0.4, -0.2) is 37.1 Å². The Hall–Kier alpha value is -2.72. The van der Waals surface area contributed by atoms with Crippen LogP contribution in [-0.2, 0) is 12.3 Å². The van der Waals surface area contributed by atoms with Gasteiger partial charge in [-0.1, -0.05) is 23.9 Å². The molecule has 4 rings (SSSR count). The zero-order valence-electron chi connectivity index (χ0n) is 13.8. The maximum Gasteiger partial charge on any atom is 0.277 e. The number of methoxy groups -OCH3 is 1. The Kier molecular flexibility index (Phi) is 4.93. The molecule has 0 unspecified atom stereocenters. The van der Waals surface area contributed by atoms with Gasteiger partial charge in [-0.05, 0) is 12.1 Å². The molecule has 4 aromatic rings. The fourth-order valence-electron chi connectivity index (χ4n) is 2.27. The molecule has 0 saturated heterocycles. The Balaban J connectivity index is 1.40. The highest BCUT2D eigenvalue weighted by Crippen LogP contribution is 2.33. The number of benzene rings is 1. The second kappa shape index (κ2) is 7.67. The number of ether oxygens (including phenoxy) is 1. The van der Waals surface area contributed by atoms with E-state index in [4.69, 9.17) is 9.15 Å². The maximum absolute atomic E-state index is 5.61. The van der Waals surface area contributed by atoms with Crippen molar-refractivity contribution < 1.29 is 9.15 Å². The molecule has 3 heterocycles. The minimum absolute atomic E-state index is 0.405. The van der Waals surface area contributed by atoms with Gasteiger partial charge in [-0.3, -0.25) is 0 Å². The number of rotatable bonds is 7. The number of aromatic nitrogens is 6. The van der Waals surface area contributed by atoms with Crippen molar-refractivity contribution in [3.63, 3.8) is 0 Å². The first-order valence-electron chi connectivity index (χ1n) is 7.67. The number of para-hydroxylation sites is 1. The molecule has 10 heteroatoms. The van der Waals surface area contributed by atoms with Gasteiger partial charge >= 0.3 is 0 Å². The Morgan fingerprint density at radius 2 is 2.19 bits per heavy atom. The lowest BCUT2D eigenvalue weighted by atomic mass is 10.2. The third kappa shape index (κ3) is 3.75. The summed E-state index contributed by atoms with van der Waals surface area (Å²) in [6, 6.07) is 7.85. The van der Waals surface area contributed by atoms with Crippen molar-refractivity contribution >= 4 is 23.1 Å². The standard InChI is InChI=1S/C16H14N6O2S2/c1-23-13-5-3-2-4-12(13)15-19-11(7-25-15)8-26-16-21-20-14(24-16)6-22-10-17-9-18-22/h2-5,7,9-10H,6,8H2,1H3. The zero-order chi connectivity index (χ0) is 17.8. The molecule has 0 N–H and O–H groups in total. The molecule has 0 aliphatic heterocycles. The van der Waals surface area contributed by atoms with Gasteiger partial charge < -0.3 is 9.15 Å². The van der Waals surface area contributed by atoms with Gasteiger partial charge in [-0.15, -0.1) is 21.5 Å². The highest BCUT2D eigenvalue weighted by Gasteiger charge is 2.12. The van der Waals surface area contributed by atoms with Crippen molar-refractivity contribution in [3.8, 4) is 16.3 Å². The summed E-state index contributed by atoms with van der Waals surface area (Å²) >= 11 is 3.04. The van der Waals surface area contributed by atoms with Gasteiger partial charge in [0.2, 0.25) is 5.89 Å². The number of thiazole rings is 1. The van der Waals surface area contributed by atoms with Crippen molar-refractivity contribution in [3.05, 3.63) is 53.9 Å². The monoisotopic (exact) mass is 386 g/mol. The van der Waals surface area contributed by atoms with E-state index in [-0.39, 0.29) is 0 Å². The molecule has 0 fully saturated rings. The smallest absolute Gasteiger partial charge is 0.277 e. The van der Waals surface area contributed by atoms with Crippen molar-refractivity contribution in [2.75, 3.05) is 7.11 Å². The van der Waals surface area contributed by atoms with Crippen LogP contribution in [0, 0.1) is 0 Å². The molecular weight excluding hydrogens is 372 g/mol. The predicted octanol–water partition coefficient (Wildman–Crippen LogP) is 3.13. The summed E-state index contributed by atoms with van der Waals surface area (Å²) in [7, 11) is 1.66. The molecular formula is C16H14N6O2S2. The van der Waals surface area contributed by atoms with Crippen LogP contribution in [0.5, 0.6) is 5.75 Å². The van der Waals surface area contributed by atoms with Crippen LogP contribution in [0.4, 0.5) is 0 Å². The van der Waals surface area contributed by atoms with E-state index in [1.807, 2.05) is 29.6 Å². The summed E-state index contributed by atoms with van der Waals surface area (Å²) < 4.78 is 12.6. The number of nitrogens with zero attached hydrogens (tertiary/aromatic N) is 6. The summed E-state index contributed by atoms with van der Waals surface area (Å²) in [4.78, 5) is 8.56. The van der Waals surface area contributed by atoms with E-state index < -0.39 is 0 Å². The van der Waals surface area contributed by atoms with Crippen LogP contribution in [0.15, 0.2) is 51.9 Å². The first-order valence-corrected chi connectivity index (χ1v) is 9.54. The van der Waals surface area contributed by atoms with E-state index >= 15 is 0 Å². The molecule has 26 heavy (non-hydrogen) atoms. The van der Waals surface area contributed by atoms with Gasteiger partial charge in [0.05, 0.1) is 18.4 Å². The molecule has 1 aromatic carbocycles. The highest BCUT2D eigenvalue weighted by atomic mass is 32.2. The molecule has 0 radical (unpaired) electrons. The zero-order valence-corrected chi connectivity index (χ0v) is 15.4. The van der Waals surface area contributed by atoms with Gasteiger partial charge in [0, 0.05) is 11.1 Å². The van der Waals surface area contributed by atoms with Crippen molar-refractivity contribution in [1.82, 2.24) is 29.9 Å². The summed E-state index contributed by atoms with van der Waals surface area (Å²) in [6.45, 7) is 0.405. The molecule has 0 spiro atoms. The topological polar surface area (TPSA) is 91.8 Å². The summed E-state index contributed by atoms with van der Waals surface area (Å²) in [5.41, 5.74) is 1.95. The van der Waals surface area contributed by atoms with Crippen LogP contribution in [0.1, 0.15) is 11.6 Å². The lowest BCUT2D eigenvalue weighted by Crippen LogP contribution is -1.99. The fourth-order valence-corrected chi connectivity index (χ4v) is 3.90. The fraction of sp³-hybridized carbons (Fsp3) is 0.188. The minimum atomic E-state index is 0.405. The van der Waals surface area contributed by atoms with Gasteiger partial charge in [0.1, 0.15) is 30.0 Å². The van der Waals surface area contributed by atoms with Crippen LogP contribution >= 0.6 is 23.1 Å². The van der Waals surface area contributed by atoms with Crippen molar-refractivity contribution in [1.29, 1.82) is 0 Å². The van der Waals surface area contributed by atoms with Gasteiger partial charge in [-0.2, -0.15) is 5.10 Å². The Morgan fingerprint density at radius 3 is 3.04 bits per heavy atom. The molecule has 0 bridgehead atoms. The largest absolute Gasteiger partial charge is 0.496 e. The van der Waals surface area contributed by atoms with E-state index in [2.05, 4.69) is 25.3 Å². The van der Waals surface area contributed by atoms with E-state index in [9.17, 15) is 0 Å². The average Bonchev–Trinajstić information content (AvgIpc) is 3.42.